The van der Waals surface area contributed by atoms with Gasteiger partial charge in [0.25, 0.3) is 0 Å². The van der Waals surface area contributed by atoms with E-state index in [1.54, 1.807) is 0 Å². The molecule has 0 radical (unpaired) electrons. The molecule has 0 bridgehead atoms. The molecule has 0 spiro atoms. The second kappa shape index (κ2) is 13.6. The van der Waals surface area contributed by atoms with Gasteiger partial charge in [0, 0.05) is 31.6 Å². The van der Waals surface area contributed by atoms with E-state index in [2.05, 4.69) is 35.9 Å². The number of hydrogen-bond acceptors (Lipinski definition) is 5. The van der Waals surface area contributed by atoms with E-state index in [-0.39, 0.29) is 17.7 Å². The van der Waals surface area contributed by atoms with Gasteiger partial charge in [0.1, 0.15) is 13.2 Å². The summed E-state index contributed by atoms with van der Waals surface area (Å²) in [5, 5.41) is 0. The number of benzene rings is 1. The number of amides is 1. The number of morpholine rings is 1. The Kier molecular flexibility index (Phi) is 10.5. The Morgan fingerprint density at radius 2 is 1.81 bits per heavy atom. The summed E-state index contributed by atoms with van der Waals surface area (Å²) in [5.41, 5.74) is 1.19. The molecular formula is C26H40N2O4. The minimum absolute atomic E-state index is 0.00671. The van der Waals surface area contributed by atoms with E-state index in [4.69, 9.17) is 14.2 Å². The molecule has 1 fully saturated rings. The van der Waals surface area contributed by atoms with Crippen LogP contribution in [0.3, 0.4) is 0 Å². The highest BCUT2D eigenvalue weighted by Crippen LogP contribution is 2.35. The van der Waals surface area contributed by atoms with Crippen molar-refractivity contribution in [2.24, 2.45) is 10.9 Å². The predicted octanol–water partition coefficient (Wildman–Crippen LogP) is 4.86. The number of aliphatic imine (C=N–C) groups is 1. The summed E-state index contributed by atoms with van der Waals surface area (Å²) in [7, 11) is 0. The van der Waals surface area contributed by atoms with Crippen LogP contribution in [-0.4, -0.2) is 63.1 Å². The number of nitrogens with zero attached hydrogens (tertiary/aromatic N) is 2. The number of carbonyl (C=O) groups excluding carboxylic acids is 1. The monoisotopic (exact) mass is 444 g/mol. The zero-order chi connectivity index (χ0) is 22.6. The van der Waals surface area contributed by atoms with Gasteiger partial charge < -0.3 is 14.2 Å². The summed E-state index contributed by atoms with van der Waals surface area (Å²) in [6, 6.07) is 6.20. The third-order valence-corrected chi connectivity index (χ3v) is 6.52. The Morgan fingerprint density at radius 3 is 2.59 bits per heavy atom. The number of rotatable bonds is 12. The molecule has 6 nitrogen and oxygen atoms in total. The van der Waals surface area contributed by atoms with Gasteiger partial charge in [0.15, 0.2) is 11.5 Å². The molecule has 0 aromatic heterocycles. The second-order valence-corrected chi connectivity index (χ2v) is 8.93. The highest BCUT2D eigenvalue weighted by atomic mass is 16.6. The molecule has 2 aliphatic rings. The first-order valence-electron chi connectivity index (χ1n) is 12.4. The van der Waals surface area contributed by atoms with Crippen LogP contribution in [0.4, 0.5) is 0 Å². The molecule has 2 aliphatic heterocycles. The fourth-order valence-electron chi connectivity index (χ4n) is 4.32. The smallest absolute Gasteiger partial charge is 0.245 e. The normalized spacial score (nSPS) is 18.6. The Morgan fingerprint density at radius 1 is 1.06 bits per heavy atom. The van der Waals surface area contributed by atoms with Crippen molar-refractivity contribution in [1.82, 2.24) is 4.90 Å². The number of fused-ring (bicyclic) bond motifs is 1. The van der Waals surface area contributed by atoms with Crippen molar-refractivity contribution in [2.75, 3.05) is 46.1 Å². The highest BCUT2D eigenvalue weighted by molar-refractivity contribution is 5.85. The summed E-state index contributed by atoms with van der Waals surface area (Å²) in [6.45, 7) is 10.1. The SMILES string of the molecule is CCCCCCCC(=O)/N=C\C(CCN1CCOCC1)[C@H](C)c1ccc2c(c1)OCCO2. The lowest BCUT2D eigenvalue weighted by atomic mass is 9.85. The highest BCUT2D eigenvalue weighted by Gasteiger charge is 2.22. The maximum Gasteiger partial charge on any atom is 0.245 e. The van der Waals surface area contributed by atoms with E-state index in [1.807, 2.05) is 12.3 Å². The van der Waals surface area contributed by atoms with Gasteiger partial charge in [0.05, 0.1) is 13.2 Å². The molecule has 1 unspecified atom stereocenters. The predicted molar refractivity (Wildman–Crippen MR) is 128 cm³/mol. The zero-order valence-electron chi connectivity index (χ0n) is 19.9. The maximum atomic E-state index is 12.4. The molecule has 1 amide bonds. The molecule has 1 aromatic rings. The van der Waals surface area contributed by atoms with Crippen molar-refractivity contribution in [3.05, 3.63) is 23.8 Å². The fourth-order valence-corrected chi connectivity index (χ4v) is 4.32. The summed E-state index contributed by atoms with van der Waals surface area (Å²) in [6.07, 6.45) is 9.14. The van der Waals surface area contributed by atoms with Crippen LogP contribution >= 0.6 is 0 Å². The van der Waals surface area contributed by atoms with Crippen molar-refractivity contribution < 1.29 is 19.0 Å². The molecule has 2 atom stereocenters. The Balaban J connectivity index is 1.62. The van der Waals surface area contributed by atoms with Crippen molar-refractivity contribution >= 4 is 12.1 Å². The lowest BCUT2D eigenvalue weighted by Crippen LogP contribution is -2.37. The molecule has 3 rings (SSSR count). The molecule has 0 aliphatic carbocycles. The van der Waals surface area contributed by atoms with Gasteiger partial charge in [-0.05, 0) is 43.0 Å². The van der Waals surface area contributed by atoms with Crippen LogP contribution in [-0.2, 0) is 9.53 Å². The number of unbranched alkanes of at least 4 members (excludes halogenated alkanes) is 4. The van der Waals surface area contributed by atoms with Gasteiger partial charge in [-0.1, -0.05) is 45.6 Å². The molecule has 0 N–H and O–H groups in total. The van der Waals surface area contributed by atoms with E-state index in [9.17, 15) is 4.79 Å². The van der Waals surface area contributed by atoms with Crippen LogP contribution in [0, 0.1) is 5.92 Å². The summed E-state index contributed by atoms with van der Waals surface area (Å²) in [4.78, 5) is 19.2. The van der Waals surface area contributed by atoms with Crippen molar-refractivity contribution in [1.29, 1.82) is 0 Å². The molecule has 2 heterocycles. The van der Waals surface area contributed by atoms with Crippen molar-refractivity contribution in [2.45, 2.75) is 64.7 Å². The average molecular weight is 445 g/mol. The lowest BCUT2D eigenvalue weighted by Gasteiger charge is -2.29. The molecule has 32 heavy (non-hydrogen) atoms. The topological polar surface area (TPSA) is 60.4 Å². The standard InChI is InChI=1S/C26H40N2O4/c1-3-4-5-6-7-8-26(29)27-20-23(11-12-28-13-15-30-16-14-28)21(2)22-9-10-24-25(19-22)32-18-17-31-24/h9-10,19-21,23H,3-8,11-18H2,1-2H3/b27-20-/t21-,23?/m1/s1. The maximum absolute atomic E-state index is 12.4. The van der Waals surface area contributed by atoms with E-state index in [0.29, 0.717) is 19.6 Å². The van der Waals surface area contributed by atoms with Crippen LogP contribution in [0.5, 0.6) is 11.5 Å². The quantitative estimate of drug-likeness (QED) is 0.340. The first-order valence-corrected chi connectivity index (χ1v) is 12.4. The molecular weight excluding hydrogens is 404 g/mol. The van der Waals surface area contributed by atoms with E-state index < -0.39 is 0 Å². The minimum atomic E-state index is 0.00671. The van der Waals surface area contributed by atoms with Gasteiger partial charge >= 0.3 is 0 Å². The minimum Gasteiger partial charge on any atom is -0.486 e. The number of hydrogen-bond donors (Lipinski definition) is 0. The molecule has 1 aromatic carbocycles. The molecule has 6 heteroatoms. The summed E-state index contributed by atoms with van der Waals surface area (Å²) >= 11 is 0. The van der Waals surface area contributed by atoms with Gasteiger partial charge in [-0.3, -0.25) is 9.69 Å². The largest absolute Gasteiger partial charge is 0.486 e. The van der Waals surface area contributed by atoms with Gasteiger partial charge in [-0.15, -0.1) is 0 Å². The third-order valence-electron chi connectivity index (χ3n) is 6.52. The Hall–Kier alpha value is -1.92. The van der Waals surface area contributed by atoms with Gasteiger partial charge in [-0.2, -0.15) is 0 Å². The first kappa shape index (κ1) is 24.7. The van der Waals surface area contributed by atoms with Crippen LogP contribution in [0.2, 0.25) is 0 Å². The zero-order valence-corrected chi connectivity index (χ0v) is 19.9. The van der Waals surface area contributed by atoms with Crippen LogP contribution < -0.4 is 9.47 Å². The third kappa shape index (κ3) is 7.89. The van der Waals surface area contributed by atoms with Crippen LogP contribution in [0.15, 0.2) is 23.2 Å². The summed E-state index contributed by atoms with van der Waals surface area (Å²) in [5.74, 6) is 2.04. The first-order chi connectivity index (χ1) is 15.7. The molecule has 0 saturated carbocycles. The van der Waals surface area contributed by atoms with Gasteiger partial charge in [0.2, 0.25) is 5.91 Å². The van der Waals surface area contributed by atoms with E-state index in [1.165, 1.54) is 24.8 Å². The number of ether oxygens (including phenoxy) is 3. The van der Waals surface area contributed by atoms with E-state index >= 15 is 0 Å². The average Bonchev–Trinajstić information content (AvgIpc) is 2.84. The Labute approximate surface area is 193 Å². The lowest BCUT2D eigenvalue weighted by molar-refractivity contribution is -0.117. The summed E-state index contributed by atoms with van der Waals surface area (Å²) < 4.78 is 16.9. The molecule has 178 valence electrons. The Bertz CT molecular complexity index is 731. The van der Waals surface area contributed by atoms with Crippen LogP contribution in [0.1, 0.15) is 70.3 Å². The second-order valence-electron chi connectivity index (χ2n) is 8.93. The van der Waals surface area contributed by atoms with Crippen LogP contribution in [0.25, 0.3) is 0 Å². The van der Waals surface area contributed by atoms with Crippen molar-refractivity contribution in [3.8, 4) is 11.5 Å². The fraction of sp³-hybridized carbons (Fsp3) is 0.692. The van der Waals surface area contributed by atoms with Gasteiger partial charge in [-0.25, -0.2) is 4.99 Å². The number of carbonyl (C=O) groups is 1. The van der Waals surface area contributed by atoms with E-state index in [0.717, 1.165) is 63.6 Å². The van der Waals surface area contributed by atoms with Crippen molar-refractivity contribution in [3.63, 3.8) is 0 Å². The molecule has 1 saturated heterocycles.